The smallest absolute Gasteiger partial charge is 0.222 e. The number of carbonyl (C=O) groups is 1. The summed E-state index contributed by atoms with van der Waals surface area (Å²) in [4.78, 5) is 13.7. The van der Waals surface area contributed by atoms with Gasteiger partial charge < -0.3 is 10.2 Å². The van der Waals surface area contributed by atoms with E-state index >= 15 is 0 Å². The van der Waals surface area contributed by atoms with Gasteiger partial charge in [0.15, 0.2) is 0 Å². The number of amides is 1. The summed E-state index contributed by atoms with van der Waals surface area (Å²) in [7, 11) is 1.97. The molecule has 0 bridgehead atoms. The Morgan fingerprint density at radius 1 is 1.39 bits per heavy atom. The minimum Gasteiger partial charge on any atom is -0.341 e. The number of likely N-dealkylation sites (tertiary alicyclic amines) is 1. The van der Waals surface area contributed by atoms with Gasteiger partial charge in [-0.15, -0.1) is 0 Å². The Morgan fingerprint density at radius 3 is 2.78 bits per heavy atom. The largest absolute Gasteiger partial charge is 0.341 e. The average molecular weight is 246 g/mol. The Morgan fingerprint density at radius 2 is 2.17 bits per heavy atom. The summed E-state index contributed by atoms with van der Waals surface area (Å²) in [6.07, 6.45) is 1.71. The van der Waals surface area contributed by atoms with Crippen molar-refractivity contribution >= 4 is 5.91 Å². The maximum atomic E-state index is 11.7. The highest BCUT2D eigenvalue weighted by molar-refractivity contribution is 5.78. The van der Waals surface area contributed by atoms with Crippen molar-refractivity contribution in [1.82, 2.24) is 10.2 Å². The molecule has 1 aromatic rings. The van der Waals surface area contributed by atoms with E-state index in [1.807, 2.05) is 11.9 Å². The van der Waals surface area contributed by atoms with Crippen LogP contribution in [0.15, 0.2) is 18.2 Å². The van der Waals surface area contributed by atoms with E-state index in [0.717, 1.165) is 19.5 Å². The van der Waals surface area contributed by atoms with Gasteiger partial charge in [-0.1, -0.05) is 23.8 Å². The topological polar surface area (TPSA) is 32.3 Å². The number of benzene rings is 1. The third-order valence-corrected chi connectivity index (χ3v) is 3.73. The molecule has 0 radical (unpaired) electrons. The highest BCUT2D eigenvalue weighted by atomic mass is 16.2. The zero-order valence-electron chi connectivity index (χ0n) is 11.5. The number of nitrogens with zero attached hydrogens (tertiary/aromatic N) is 1. The quantitative estimate of drug-likeness (QED) is 0.883. The van der Waals surface area contributed by atoms with Crippen LogP contribution >= 0.6 is 0 Å². The van der Waals surface area contributed by atoms with Gasteiger partial charge in [-0.3, -0.25) is 4.79 Å². The molecule has 1 N–H and O–H groups in total. The predicted octanol–water partition coefficient (Wildman–Crippen LogP) is 2.19. The number of nitrogens with one attached hydrogen (secondary N) is 1. The first kappa shape index (κ1) is 13.1. The molecular weight excluding hydrogens is 224 g/mol. The molecule has 18 heavy (non-hydrogen) atoms. The summed E-state index contributed by atoms with van der Waals surface area (Å²) in [5.41, 5.74) is 3.85. The highest BCUT2D eigenvalue weighted by Gasteiger charge is 2.24. The predicted molar refractivity (Wildman–Crippen MR) is 73.5 cm³/mol. The van der Waals surface area contributed by atoms with Crippen LogP contribution in [0, 0.1) is 13.8 Å². The fourth-order valence-corrected chi connectivity index (χ4v) is 2.60. The Bertz CT molecular complexity index is 442. The highest BCUT2D eigenvalue weighted by Crippen LogP contribution is 2.22. The first-order chi connectivity index (χ1) is 8.61. The SMILES string of the molecule is CNC(CN1CCCC1=O)c1cc(C)ccc1C. The standard InChI is InChI=1S/C15H22N2O/c1-11-6-7-12(2)13(9-11)14(16-3)10-17-8-4-5-15(17)18/h6-7,9,14,16H,4-5,8,10H2,1-3H3. The van der Waals surface area contributed by atoms with Gasteiger partial charge in [0.1, 0.15) is 0 Å². The Kier molecular flexibility index (Phi) is 4.02. The molecule has 1 aliphatic heterocycles. The molecule has 0 spiro atoms. The molecule has 1 atom stereocenters. The minimum absolute atomic E-state index is 0.229. The number of rotatable bonds is 4. The molecular formula is C15H22N2O. The third kappa shape index (κ3) is 2.72. The van der Waals surface area contributed by atoms with Crippen LogP contribution in [-0.4, -0.2) is 30.9 Å². The van der Waals surface area contributed by atoms with Crippen LogP contribution < -0.4 is 5.32 Å². The lowest BCUT2D eigenvalue weighted by Gasteiger charge is -2.25. The normalized spacial score (nSPS) is 17.3. The van der Waals surface area contributed by atoms with Crippen LogP contribution in [-0.2, 0) is 4.79 Å². The minimum atomic E-state index is 0.229. The first-order valence-corrected chi connectivity index (χ1v) is 6.64. The van der Waals surface area contributed by atoms with Gasteiger partial charge in [-0.05, 0) is 38.4 Å². The maximum Gasteiger partial charge on any atom is 0.222 e. The lowest BCUT2D eigenvalue weighted by molar-refractivity contribution is -0.128. The Hall–Kier alpha value is -1.35. The molecule has 1 fully saturated rings. The lowest BCUT2D eigenvalue weighted by Crippen LogP contribution is -2.34. The zero-order valence-corrected chi connectivity index (χ0v) is 11.5. The van der Waals surface area contributed by atoms with Gasteiger partial charge in [0.25, 0.3) is 0 Å². The average Bonchev–Trinajstić information content (AvgIpc) is 2.75. The Balaban J connectivity index is 2.17. The van der Waals surface area contributed by atoms with Gasteiger partial charge >= 0.3 is 0 Å². The van der Waals surface area contributed by atoms with Gasteiger partial charge in [0.2, 0.25) is 5.91 Å². The molecule has 1 heterocycles. The van der Waals surface area contributed by atoms with Crippen LogP contribution in [0.1, 0.15) is 35.6 Å². The molecule has 0 saturated carbocycles. The molecule has 1 saturated heterocycles. The van der Waals surface area contributed by atoms with Crippen molar-refractivity contribution in [2.45, 2.75) is 32.7 Å². The molecule has 3 nitrogen and oxygen atoms in total. The molecule has 1 aliphatic rings. The maximum absolute atomic E-state index is 11.7. The number of carbonyl (C=O) groups excluding carboxylic acids is 1. The van der Waals surface area contributed by atoms with E-state index in [4.69, 9.17) is 0 Å². The summed E-state index contributed by atoms with van der Waals surface area (Å²) < 4.78 is 0. The van der Waals surface area contributed by atoms with Crippen molar-refractivity contribution in [3.05, 3.63) is 34.9 Å². The summed E-state index contributed by atoms with van der Waals surface area (Å²) in [6, 6.07) is 6.73. The monoisotopic (exact) mass is 246 g/mol. The number of aryl methyl sites for hydroxylation is 2. The van der Waals surface area contributed by atoms with E-state index in [1.165, 1.54) is 16.7 Å². The van der Waals surface area contributed by atoms with Crippen molar-refractivity contribution in [2.24, 2.45) is 0 Å². The third-order valence-electron chi connectivity index (χ3n) is 3.73. The van der Waals surface area contributed by atoms with Crippen molar-refractivity contribution < 1.29 is 4.79 Å². The van der Waals surface area contributed by atoms with Crippen molar-refractivity contribution in [3.8, 4) is 0 Å². The van der Waals surface area contributed by atoms with Gasteiger partial charge in [0, 0.05) is 25.6 Å². The van der Waals surface area contributed by atoms with E-state index in [-0.39, 0.29) is 6.04 Å². The van der Waals surface area contributed by atoms with Gasteiger partial charge in [-0.25, -0.2) is 0 Å². The fraction of sp³-hybridized carbons (Fsp3) is 0.533. The lowest BCUT2D eigenvalue weighted by atomic mass is 9.98. The van der Waals surface area contributed by atoms with Crippen LogP contribution in [0.2, 0.25) is 0 Å². The van der Waals surface area contributed by atoms with E-state index in [9.17, 15) is 4.79 Å². The van der Waals surface area contributed by atoms with Crippen LogP contribution in [0.5, 0.6) is 0 Å². The second kappa shape index (κ2) is 5.53. The second-order valence-electron chi connectivity index (χ2n) is 5.14. The van der Waals surface area contributed by atoms with Crippen LogP contribution in [0.3, 0.4) is 0 Å². The first-order valence-electron chi connectivity index (χ1n) is 6.64. The summed E-state index contributed by atoms with van der Waals surface area (Å²) in [5.74, 6) is 0.292. The van der Waals surface area contributed by atoms with Crippen LogP contribution in [0.4, 0.5) is 0 Å². The molecule has 0 aromatic heterocycles. The van der Waals surface area contributed by atoms with E-state index in [1.54, 1.807) is 0 Å². The van der Waals surface area contributed by atoms with Crippen LogP contribution in [0.25, 0.3) is 0 Å². The summed E-state index contributed by atoms with van der Waals surface area (Å²) >= 11 is 0. The molecule has 3 heteroatoms. The fourth-order valence-electron chi connectivity index (χ4n) is 2.60. The molecule has 1 amide bonds. The molecule has 1 unspecified atom stereocenters. The number of likely N-dealkylation sites (N-methyl/N-ethyl adjacent to an activating group) is 1. The molecule has 0 aliphatic carbocycles. The number of hydrogen-bond donors (Lipinski definition) is 1. The van der Waals surface area contributed by atoms with Crippen molar-refractivity contribution in [1.29, 1.82) is 0 Å². The Labute approximate surface area is 109 Å². The molecule has 1 aromatic carbocycles. The zero-order chi connectivity index (χ0) is 13.1. The van der Waals surface area contributed by atoms with Gasteiger partial charge in [0.05, 0.1) is 0 Å². The molecule has 2 rings (SSSR count). The second-order valence-corrected chi connectivity index (χ2v) is 5.14. The van der Waals surface area contributed by atoms with E-state index in [2.05, 4.69) is 37.4 Å². The summed E-state index contributed by atoms with van der Waals surface area (Å²) in [5, 5.41) is 3.34. The summed E-state index contributed by atoms with van der Waals surface area (Å²) in [6.45, 7) is 5.92. The number of hydrogen-bond acceptors (Lipinski definition) is 2. The van der Waals surface area contributed by atoms with Crippen molar-refractivity contribution in [3.63, 3.8) is 0 Å². The van der Waals surface area contributed by atoms with E-state index < -0.39 is 0 Å². The van der Waals surface area contributed by atoms with E-state index in [0.29, 0.717) is 12.3 Å². The van der Waals surface area contributed by atoms with Crippen molar-refractivity contribution in [2.75, 3.05) is 20.1 Å². The van der Waals surface area contributed by atoms with Gasteiger partial charge in [-0.2, -0.15) is 0 Å². The molecule has 98 valence electrons.